The van der Waals surface area contributed by atoms with Crippen LogP contribution in [-0.2, 0) is 13.5 Å². The Morgan fingerprint density at radius 3 is 2.94 bits per heavy atom. The number of nitrogens with zero attached hydrogens (tertiary/aromatic N) is 4. The summed E-state index contributed by atoms with van der Waals surface area (Å²) >= 11 is 5.72. The second-order valence-electron chi connectivity index (χ2n) is 3.43. The molecular formula is C10H12ClN5. The quantitative estimate of drug-likeness (QED) is 0.876. The van der Waals surface area contributed by atoms with Crippen molar-refractivity contribution >= 4 is 17.4 Å². The van der Waals surface area contributed by atoms with Crippen molar-refractivity contribution < 1.29 is 0 Å². The van der Waals surface area contributed by atoms with Crippen molar-refractivity contribution in [1.29, 1.82) is 0 Å². The van der Waals surface area contributed by atoms with E-state index in [0.717, 1.165) is 13.0 Å². The number of nitrogens with one attached hydrogen (secondary N) is 1. The molecule has 6 heteroatoms. The second kappa shape index (κ2) is 4.94. The summed E-state index contributed by atoms with van der Waals surface area (Å²) in [6.07, 6.45) is 7.89. The third-order valence-corrected chi connectivity index (χ3v) is 2.27. The van der Waals surface area contributed by atoms with Crippen molar-refractivity contribution in [3.63, 3.8) is 0 Å². The van der Waals surface area contributed by atoms with E-state index in [1.165, 1.54) is 11.8 Å². The molecule has 0 spiro atoms. The molecule has 0 aliphatic carbocycles. The molecule has 0 fully saturated rings. The minimum Gasteiger partial charge on any atom is -0.368 e. The predicted octanol–water partition coefficient (Wildman–Crippen LogP) is 1.52. The van der Waals surface area contributed by atoms with Gasteiger partial charge in [0.05, 0.1) is 18.6 Å². The van der Waals surface area contributed by atoms with Crippen molar-refractivity contribution in [3.8, 4) is 0 Å². The molecule has 0 aliphatic heterocycles. The third kappa shape index (κ3) is 2.93. The van der Waals surface area contributed by atoms with Crippen molar-refractivity contribution in [3.05, 3.63) is 35.5 Å². The monoisotopic (exact) mass is 237 g/mol. The molecule has 0 radical (unpaired) electrons. The van der Waals surface area contributed by atoms with E-state index in [1.807, 2.05) is 19.4 Å². The fourth-order valence-electron chi connectivity index (χ4n) is 1.36. The molecule has 16 heavy (non-hydrogen) atoms. The van der Waals surface area contributed by atoms with Crippen molar-refractivity contribution in [1.82, 2.24) is 19.7 Å². The maximum absolute atomic E-state index is 5.72. The minimum absolute atomic E-state index is 0.395. The van der Waals surface area contributed by atoms with Crippen LogP contribution in [0.5, 0.6) is 0 Å². The number of hydrogen-bond acceptors (Lipinski definition) is 4. The van der Waals surface area contributed by atoms with Crippen LogP contribution in [0, 0.1) is 0 Å². The van der Waals surface area contributed by atoms with E-state index < -0.39 is 0 Å². The van der Waals surface area contributed by atoms with E-state index in [1.54, 1.807) is 10.9 Å². The van der Waals surface area contributed by atoms with Gasteiger partial charge in [0.15, 0.2) is 0 Å². The molecule has 0 amide bonds. The third-order valence-electron chi connectivity index (χ3n) is 2.08. The van der Waals surface area contributed by atoms with Crippen molar-refractivity contribution in [2.24, 2.45) is 7.05 Å². The van der Waals surface area contributed by atoms with E-state index in [2.05, 4.69) is 20.4 Å². The molecule has 1 N–H and O–H groups in total. The Labute approximate surface area is 98.5 Å². The summed E-state index contributed by atoms with van der Waals surface area (Å²) in [7, 11) is 1.90. The SMILES string of the molecule is Cn1cc(CCNc2cncc(Cl)n2)cn1. The number of aryl methyl sites for hydroxylation is 1. The molecule has 0 saturated carbocycles. The maximum Gasteiger partial charge on any atom is 0.149 e. The first-order valence-electron chi connectivity index (χ1n) is 4.93. The van der Waals surface area contributed by atoms with Gasteiger partial charge in [0.2, 0.25) is 0 Å². The topological polar surface area (TPSA) is 55.6 Å². The predicted molar refractivity (Wildman–Crippen MR) is 62.4 cm³/mol. The standard InChI is InChI=1S/C10H12ClN5/c1-16-7-8(4-14-16)2-3-13-10-6-12-5-9(11)15-10/h4-7H,2-3H2,1H3,(H,13,15). The van der Waals surface area contributed by atoms with Gasteiger partial charge in [0.1, 0.15) is 11.0 Å². The average Bonchev–Trinajstić information content (AvgIpc) is 2.64. The largest absolute Gasteiger partial charge is 0.368 e. The van der Waals surface area contributed by atoms with Crippen LogP contribution >= 0.6 is 11.6 Å². The minimum atomic E-state index is 0.395. The van der Waals surface area contributed by atoms with E-state index in [4.69, 9.17) is 11.6 Å². The van der Waals surface area contributed by atoms with Gasteiger partial charge in [-0.25, -0.2) is 4.98 Å². The first-order valence-corrected chi connectivity index (χ1v) is 5.31. The summed E-state index contributed by atoms with van der Waals surface area (Å²) in [4.78, 5) is 8.02. The highest BCUT2D eigenvalue weighted by Gasteiger charge is 1.98. The summed E-state index contributed by atoms with van der Waals surface area (Å²) in [6.45, 7) is 0.778. The first kappa shape index (κ1) is 10.9. The van der Waals surface area contributed by atoms with Gasteiger partial charge in [-0.15, -0.1) is 0 Å². The van der Waals surface area contributed by atoms with Crippen LogP contribution in [0.2, 0.25) is 5.15 Å². The summed E-state index contributed by atoms with van der Waals surface area (Å²) in [5.41, 5.74) is 1.19. The number of anilines is 1. The van der Waals surface area contributed by atoms with E-state index in [9.17, 15) is 0 Å². The van der Waals surface area contributed by atoms with Crippen molar-refractivity contribution in [2.45, 2.75) is 6.42 Å². The Morgan fingerprint density at radius 1 is 1.38 bits per heavy atom. The summed E-state index contributed by atoms with van der Waals surface area (Å²) in [6, 6.07) is 0. The highest BCUT2D eigenvalue weighted by Crippen LogP contribution is 2.06. The van der Waals surface area contributed by atoms with Gasteiger partial charge in [0.25, 0.3) is 0 Å². The van der Waals surface area contributed by atoms with Crippen LogP contribution in [-0.4, -0.2) is 26.3 Å². The fraction of sp³-hybridized carbons (Fsp3) is 0.300. The smallest absolute Gasteiger partial charge is 0.149 e. The van der Waals surface area contributed by atoms with Crippen LogP contribution in [0.3, 0.4) is 0 Å². The van der Waals surface area contributed by atoms with E-state index in [0.29, 0.717) is 11.0 Å². The van der Waals surface area contributed by atoms with Crippen LogP contribution in [0.25, 0.3) is 0 Å². The Balaban J connectivity index is 1.84. The lowest BCUT2D eigenvalue weighted by atomic mass is 10.2. The summed E-state index contributed by atoms with van der Waals surface area (Å²) in [5, 5.41) is 7.64. The molecule has 2 aromatic rings. The molecule has 0 unspecified atom stereocenters. The number of aromatic nitrogens is 4. The van der Waals surface area contributed by atoms with Gasteiger partial charge in [0, 0.05) is 19.8 Å². The van der Waals surface area contributed by atoms with Gasteiger partial charge in [-0.05, 0) is 12.0 Å². The van der Waals surface area contributed by atoms with Crippen LogP contribution < -0.4 is 5.32 Å². The lowest BCUT2D eigenvalue weighted by Gasteiger charge is -2.03. The van der Waals surface area contributed by atoms with Crippen molar-refractivity contribution in [2.75, 3.05) is 11.9 Å². The van der Waals surface area contributed by atoms with Crippen LogP contribution in [0.4, 0.5) is 5.82 Å². The van der Waals surface area contributed by atoms with Gasteiger partial charge in [-0.2, -0.15) is 5.10 Å². The Morgan fingerprint density at radius 2 is 2.25 bits per heavy atom. The van der Waals surface area contributed by atoms with Crippen LogP contribution in [0.15, 0.2) is 24.8 Å². The summed E-state index contributed by atoms with van der Waals surface area (Å²) < 4.78 is 1.79. The Hall–Kier alpha value is -1.62. The second-order valence-corrected chi connectivity index (χ2v) is 3.81. The van der Waals surface area contributed by atoms with Gasteiger partial charge >= 0.3 is 0 Å². The van der Waals surface area contributed by atoms with E-state index >= 15 is 0 Å². The molecule has 0 aliphatic rings. The zero-order chi connectivity index (χ0) is 11.4. The molecular weight excluding hydrogens is 226 g/mol. The van der Waals surface area contributed by atoms with Gasteiger partial charge < -0.3 is 5.32 Å². The molecule has 0 atom stereocenters. The Bertz CT molecular complexity index is 468. The number of halogens is 1. The highest BCUT2D eigenvalue weighted by molar-refractivity contribution is 6.29. The summed E-state index contributed by atoms with van der Waals surface area (Å²) in [5.74, 6) is 0.691. The normalized spacial score (nSPS) is 10.4. The Kier molecular flexibility index (Phi) is 3.36. The maximum atomic E-state index is 5.72. The molecule has 2 heterocycles. The molecule has 0 saturated heterocycles. The van der Waals surface area contributed by atoms with Gasteiger partial charge in [-0.1, -0.05) is 11.6 Å². The molecule has 5 nitrogen and oxygen atoms in total. The molecule has 0 aromatic carbocycles. The molecule has 2 rings (SSSR count). The number of hydrogen-bond donors (Lipinski definition) is 1. The molecule has 0 bridgehead atoms. The fourth-order valence-corrected chi connectivity index (χ4v) is 1.51. The first-order chi connectivity index (χ1) is 7.74. The zero-order valence-electron chi connectivity index (χ0n) is 8.89. The molecule has 84 valence electrons. The molecule has 2 aromatic heterocycles. The van der Waals surface area contributed by atoms with Crippen LogP contribution in [0.1, 0.15) is 5.56 Å². The average molecular weight is 238 g/mol. The van der Waals surface area contributed by atoms with Gasteiger partial charge in [-0.3, -0.25) is 9.67 Å². The number of rotatable bonds is 4. The lowest BCUT2D eigenvalue weighted by molar-refractivity contribution is 0.767. The highest BCUT2D eigenvalue weighted by atomic mass is 35.5. The lowest BCUT2D eigenvalue weighted by Crippen LogP contribution is -2.06. The zero-order valence-corrected chi connectivity index (χ0v) is 9.65. The van der Waals surface area contributed by atoms with E-state index in [-0.39, 0.29) is 0 Å².